The van der Waals surface area contributed by atoms with Crippen molar-refractivity contribution in [2.75, 3.05) is 6.54 Å². The van der Waals surface area contributed by atoms with Crippen molar-refractivity contribution in [3.8, 4) is 11.8 Å². The lowest BCUT2D eigenvalue weighted by atomic mass is 9.63. The summed E-state index contributed by atoms with van der Waals surface area (Å²) < 4.78 is 5.63. The smallest absolute Gasteiger partial charge is 0.247 e. The van der Waals surface area contributed by atoms with Gasteiger partial charge in [0.2, 0.25) is 11.8 Å². The summed E-state index contributed by atoms with van der Waals surface area (Å²) in [6.07, 6.45) is 2.47. The van der Waals surface area contributed by atoms with Crippen LogP contribution in [0.5, 0.6) is 5.75 Å². The fraction of sp³-hybridized carbons (Fsp3) is 0.318. The average molecular weight is 375 g/mol. The molecule has 0 saturated carbocycles. The average Bonchev–Trinajstić information content (AvgIpc) is 2.85. The summed E-state index contributed by atoms with van der Waals surface area (Å²) >= 11 is 0. The van der Waals surface area contributed by atoms with E-state index in [1.807, 2.05) is 13.8 Å². The molecule has 1 amide bonds. The third-order valence-corrected chi connectivity index (χ3v) is 5.68. The summed E-state index contributed by atoms with van der Waals surface area (Å²) in [4.78, 5) is 28.8. The second kappa shape index (κ2) is 5.83. The third-order valence-electron chi connectivity index (χ3n) is 5.68. The fourth-order valence-corrected chi connectivity index (χ4v) is 4.67. The number of hydrogen-bond donors (Lipinski definition) is 1. The Labute approximate surface area is 163 Å². The van der Waals surface area contributed by atoms with Crippen molar-refractivity contribution < 1.29 is 14.3 Å². The van der Waals surface area contributed by atoms with Gasteiger partial charge in [-0.15, -0.1) is 6.58 Å². The molecular weight excluding hydrogens is 354 g/mol. The van der Waals surface area contributed by atoms with E-state index >= 15 is 0 Å². The minimum absolute atomic E-state index is 0.0247. The number of para-hydroxylation sites is 1. The number of nitriles is 1. The van der Waals surface area contributed by atoms with Gasteiger partial charge in [0, 0.05) is 29.8 Å². The number of nitrogens with two attached hydrogens (primary N) is 1. The molecule has 6 heteroatoms. The number of ketones is 1. The Kier molecular flexibility index (Phi) is 3.76. The lowest BCUT2D eigenvalue weighted by Crippen LogP contribution is -2.47. The predicted molar refractivity (Wildman–Crippen MR) is 103 cm³/mol. The zero-order valence-corrected chi connectivity index (χ0v) is 15.9. The van der Waals surface area contributed by atoms with Gasteiger partial charge >= 0.3 is 0 Å². The Morgan fingerprint density at radius 2 is 2.04 bits per heavy atom. The van der Waals surface area contributed by atoms with E-state index in [0.717, 1.165) is 0 Å². The number of hydrogen-bond acceptors (Lipinski definition) is 5. The van der Waals surface area contributed by atoms with Crippen LogP contribution in [0.2, 0.25) is 0 Å². The first-order valence-corrected chi connectivity index (χ1v) is 9.15. The Bertz CT molecular complexity index is 1040. The van der Waals surface area contributed by atoms with Crippen LogP contribution in [-0.2, 0) is 15.0 Å². The minimum Gasteiger partial charge on any atom is -0.440 e. The topological polar surface area (TPSA) is 96.4 Å². The van der Waals surface area contributed by atoms with Gasteiger partial charge in [-0.05, 0) is 17.9 Å². The Balaban J connectivity index is 2.12. The van der Waals surface area contributed by atoms with E-state index in [1.165, 1.54) is 0 Å². The summed E-state index contributed by atoms with van der Waals surface area (Å²) in [6.45, 7) is 8.02. The lowest BCUT2D eigenvalue weighted by molar-refractivity contribution is -0.131. The molecule has 2 N–H and O–H groups in total. The molecule has 142 valence electrons. The normalized spacial score (nSPS) is 25.4. The van der Waals surface area contributed by atoms with Gasteiger partial charge in [0.15, 0.2) is 5.78 Å². The van der Waals surface area contributed by atoms with Gasteiger partial charge in [0.05, 0.1) is 0 Å². The number of carbonyl (C=O) groups is 2. The van der Waals surface area contributed by atoms with Crippen LogP contribution in [0.15, 0.2) is 59.6 Å². The van der Waals surface area contributed by atoms with E-state index in [1.54, 1.807) is 35.2 Å². The molecule has 1 aromatic carbocycles. The zero-order chi connectivity index (χ0) is 20.3. The number of rotatable bonds is 2. The largest absolute Gasteiger partial charge is 0.440 e. The molecule has 6 nitrogen and oxygen atoms in total. The monoisotopic (exact) mass is 375 g/mol. The molecule has 1 aliphatic carbocycles. The van der Waals surface area contributed by atoms with Crippen LogP contribution in [0.3, 0.4) is 0 Å². The maximum absolute atomic E-state index is 13.9. The Morgan fingerprint density at radius 1 is 1.32 bits per heavy atom. The third kappa shape index (κ3) is 2.13. The second-order valence-corrected chi connectivity index (χ2v) is 8.17. The van der Waals surface area contributed by atoms with Gasteiger partial charge < -0.3 is 15.4 Å². The molecular formula is C22H21N3O3. The van der Waals surface area contributed by atoms with Crippen molar-refractivity contribution in [1.29, 1.82) is 5.26 Å². The van der Waals surface area contributed by atoms with Crippen LogP contribution >= 0.6 is 0 Å². The van der Waals surface area contributed by atoms with E-state index in [2.05, 4.69) is 12.6 Å². The number of nitrogens with zero attached hydrogens (tertiary/aromatic N) is 2. The lowest BCUT2D eigenvalue weighted by Gasteiger charge is -2.37. The van der Waals surface area contributed by atoms with Gasteiger partial charge in [-0.2, -0.15) is 5.26 Å². The van der Waals surface area contributed by atoms with Crippen LogP contribution in [0.4, 0.5) is 0 Å². The quantitative estimate of drug-likeness (QED) is 0.802. The Morgan fingerprint density at radius 3 is 2.71 bits per heavy atom. The molecule has 2 aliphatic heterocycles. The predicted octanol–water partition coefficient (Wildman–Crippen LogP) is 2.68. The van der Waals surface area contributed by atoms with Crippen LogP contribution in [-0.4, -0.2) is 23.1 Å². The van der Waals surface area contributed by atoms with Crippen molar-refractivity contribution in [3.05, 3.63) is 65.2 Å². The van der Waals surface area contributed by atoms with Gasteiger partial charge in [-0.3, -0.25) is 9.59 Å². The van der Waals surface area contributed by atoms with Crippen molar-refractivity contribution in [3.63, 3.8) is 0 Å². The molecule has 1 atom stereocenters. The number of carbonyl (C=O) groups excluding carboxylic acids is 2. The highest BCUT2D eigenvalue weighted by atomic mass is 16.5. The summed E-state index contributed by atoms with van der Waals surface area (Å²) in [6, 6.07) is 9.01. The first-order chi connectivity index (χ1) is 13.3. The highest BCUT2D eigenvalue weighted by molar-refractivity contribution is 6.15. The highest BCUT2D eigenvalue weighted by Gasteiger charge is 2.63. The maximum Gasteiger partial charge on any atom is 0.247 e. The number of ether oxygens (including phenoxy) is 1. The molecule has 28 heavy (non-hydrogen) atoms. The van der Waals surface area contributed by atoms with Gasteiger partial charge in [0.1, 0.15) is 22.8 Å². The van der Waals surface area contributed by atoms with Crippen LogP contribution in [0.1, 0.15) is 32.3 Å². The van der Waals surface area contributed by atoms with Crippen molar-refractivity contribution in [1.82, 2.24) is 4.90 Å². The number of benzene rings is 1. The van der Waals surface area contributed by atoms with Crippen LogP contribution in [0, 0.1) is 16.7 Å². The first-order valence-electron chi connectivity index (χ1n) is 9.15. The summed E-state index contributed by atoms with van der Waals surface area (Å²) in [5.74, 6) is -0.237. The standard InChI is InChI=1S/C22H21N3O3/c1-4-9-25-15-10-21(2,3)11-16(26)18(15)22(20(25)27)13-7-5-6-8-17(13)28-19(24)14(22)12-23/h4-8H,1,9-11,24H2,2-3H3/t22-/m0/s1. The summed E-state index contributed by atoms with van der Waals surface area (Å²) in [5, 5.41) is 9.93. The number of amides is 1. The van der Waals surface area contributed by atoms with Gasteiger partial charge in [-0.1, -0.05) is 38.1 Å². The molecule has 0 radical (unpaired) electrons. The van der Waals surface area contributed by atoms with E-state index in [-0.39, 0.29) is 35.1 Å². The first kappa shape index (κ1) is 18.1. The number of fused-ring (bicyclic) bond motifs is 3. The molecule has 1 aromatic rings. The molecule has 4 rings (SSSR count). The SMILES string of the molecule is C=CCN1C(=O)[C@@]2(C(C#N)=C(N)Oc3ccccc32)C2=C1CC(C)(C)CC2=O. The van der Waals surface area contributed by atoms with E-state index in [0.29, 0.717) is 35.4 Å². The van der Waals surface area contributed by atoms with E-state index in [4.69, 9.17) is 10.5 Å². The molecule has 0 bridgehead atoms. The molecule has 1 spiro atoms. The fourth-order valence-electron chi connectivity index (χ4n) is 4.67. The van der Waals surface area contributed by atoms with Crippen molar-refractivity contribution >= 4 is 11.7 Å². The van der Waals surface area contributed by atoms with Gasteiger partial charge in [0.25, 0.3) is 0 Å². The highest BCUT2D eigenvalue weighted by Crippen LogP contribution is 2.57. The minimum atomic E-state index is -1.56. The molecule has 0 unspecified atom stereocenters. The zero-order valence-electron chi connectivity index (χ0n) is 15.9. The second-order valence-electron chi connectivity index (χ2n) is 8.17. The van der Waals surface area contributed by atoms with E-state index in [9.17, 15) is 14.9 Å². The summed E-state index contributed by atoms with van der Waals surface area (Å²) in [5.41, 5.74) is 5.70. The molecule has 3 aliphatic rings. The number of Topliss-reactive ketones (excluding diaryl/α,β-unsaturated/α-hetero) is 1. The van der Waals surface area contributed by atoms with Crippen molar-refractivity contribution in [2.45, 2.75) is 32.1 Å². The maximum atomic E-state index is 13.9. The molecule has 0 fully saturated rings. The number of allylic oxidation sites excluding steroid dienone is 1. The van der Waals surface area contributed by atoms with Crippen LogP contribution in [0.25, 0.3) is 0 Å². The van der Waals surface area contributed by atoms with Gasteiger partial charge in [-0.25, -0.2) is 0 Å². The van der Waals surface area contributed by atoms with E-state index < -0.39 is 5.41 Å². The molecule has 0 saturated heterocycles. The van der Waals surface area contributed by atoms with Crippen molar-refractivity contribution in [2.24, 2.45) is 11.1 Å². The Hall–Kier alpha value is -3.33. The van der Waals surface area contributed by atoms with Crippen LogP contribution < -0.4 is 10.5 Å². The molecule has 0 aromatic heterocycles. The molecule has 2 heterocycles. The summed E-state index contributed by atoms with van der Waals surface area (Å²) in [7, 11) is 0.